The van der Waals surface area contributed by atoms with Gasteiger partial charge in [0.15, 0.2) is 0 Å². The Hall–Kier alpha value is -1.88. The molecular weight excluding hydrogens is 292 g/mol. The Balaban J connectivity index is 2.68. The molecule has 1 rings (SSSR count). The van der Waals surface area contributed by atoms with Crippen LogP contribution < -0.4 is 10.6 Å². The van der Waals surface area contributed by atoms with Gasteiger partial charge in [-0.15, -0.1) is 0 Å². The van der Waals surface area contributed by atoms with E-state index >= 15 is 0 Å². The number of aliphatic hydroxyl groups excluding tert-OH is 1. The van der Waals surface area contributed by atoms with Gasteiger partial charge in [0.1, 0.15) is 0 Å². The van der Waals surface area contributed by atoms with Gasteiger partial charge in [0.25, 0.3) is 5.91 Å². The van der Waals surface area contributed by atoms with Gasteiger partial charge in [-0.3, -0.25) is 9.59 Å². The van der Waals surface area contributed by atoms with Gasteiger partial charge in [-0.2, -0.15) is 0 Å². The highest BCUT2D eigenvalue weighted by molar-refractivity contribution is 5.96. The summed E-state index contributed by atoms with van der Waals surface area (Å²) in [6.07, 6.45) is 1.88. The van der Waals surface area contributed by atoms with Crippen LogP contribution in [0.25, 0.3) is 0 Å². The first-order valence-corrected chi connectivity index (χ1v) is 8.15. The lowest BCUT2D eigenvalue weighted by Crippen LogP contribution is -2.32. The number of hydrogen-bond acceptors (Lipinski definition) is 3. The zero-order chi connectivity index (χ0) is 17.4. The van der Waals surface area contributed by atoms with Crippen molar-refractivity contribution in [2.75, 3.05) is 11.9 Å². The maximum Gasteiger partial charge on any atom is 0.251 e. The molecule has 0 fully saturated rings. The zero-order valence-electron chi connectivity index (χ0n) is 14.5. The first-order valence-electron chi connectivity index (χ1n) is 8.15. The predicted octanol–water partition coefficient (Wildman–Crippen LogP) is 2.87. The zero-order valence-corrected chi connectivity index (χ0v) is 14.5. The molecule has 0 heterocycles. The van der Waals surface area contributed by atoms with Crippen molar-refractivity contribution in [3.63, 3.8) is 0 Å². The van der Waals surface area contributed by atoms with E-state index in [0.717, 1.165) is 17.7 Å². The highest BCUT2D eigenvalue weighted by atomic mass is 16.3. The molecule has 1 aromatic carbocycles. The van der Waals surface area contributed by atoms with Crippen molar-refractivity contribution in [3.8, 4) is 0 Å². The fraction of sp³-hybridized carbons (Fsp3) is 0.556. The maximum absolute atomic E-state index is 12.2. The monoisotopic (exact) mass is 320 g/mol. The van der Waals surface area contributed by atoms with E-state index in [-0.39, 0.29) is 24.5 Å². The molecule has 0 saturated carbocycles. The average molecular weight is 320 g/mol. The highest BCUT2D eigenvalue weighted by Crippen LogP contribution is 2.17. The Kier molecular flexibility index (Phi) is 7.75. The molecule has 0 bridgehead atoms. The first-order chi connectivity index (χ1) is 10.8. The molecule has 0 aliphatic carbocycles. The standard InChI is InChI=1S/C18H28N2O3/c1-12(2)10-17(22)20-16-8-7-15(11-13(16)3)18(23)19-14(4)6-5-9-21/h7-8,11-12,14,21H,5-6,9-10H2,1-4H3,(H,19,23)(H,20,22). The van der Waals surface area contributed by atoms with E-state index in [4.69, 9.17) is 5.11 Å². The summed E-state index contributed by atoms with van der Waals surface area (Å²) >= 11 is 0. The highest BCUT2D eigenvalue weighted by Gasteiger charge is 2.12. The van der Waals surface area contributed by atoms with E-state index in [0.29, 0.717) is 24.3 Å². The van der Waals surface area contributed by atoms with Crippen LogP contribution in [0, 0.1) is 12.8 Å². The van der Waals surface area contributed by atoms with Crippen LogP contribution in [-0.4, -0.2) is 29.6 Å². The summed E-state index contributed by atoms with van der Waals surface area (Å²) in [5.41, 5.74) is 2.17. The van der Waals surface area contributed by atoms with Crippen LogP contribution in [0.5, 0.6) is 0 Å². The van der Waals surface area contributed by atoms with Crippen molar-refractivity contribution in [3.05, 3.63) is 29.3 Å². The van der Waals surface area contributed by atoms with Crippen LogP contribution in [-0.2, 0) is 4.79 Å². The van der Waals surface area contributed by atoms with E-state index in [2.05, 4.69) is 10.6 Å². The van der Waals surface area contributed by atoms with Crippen molar-refractivity contribution in [2.45, 2.75) is 53.0 Å². The topological polar surface area (TPSA) is 78.4 Å². The summed E-state index contributed by atoms with van der Waals surface area (Å²) in [5, 5.41) is 14.6. The minimum atomic E-state index is -0.140. The molecule has 0 saturated heterocycles. The summed E-state index contributed by atoms with van der Waals surface area (Å²) in [4.78, 5) is 24.0. The summed E-state index contributed by atoms with van der Waals surface area (Å²) in [7, 11) is 0. The Bertz CT molecular complexity index is 541. The quantitative estimate of drug-likeness (QED) is 0.689. The van der Waals surface area contributed by atoms with Crippen molar-refractivity contribution in [1.82, 2.24) is 5.32 Å². The van der Waals surface area contributed by atoms with Crippen LogP contribution in [0.15, 0.2) is 18.2 Å². The lowest BCUT2D eigenvalue weighted by atomic mass is 10.1. The number of carbonyl (C=O) groups excluding carboxylic acids is 2. The molecule has 5 heteroatoms. The minimum absolute atomic E-state index is 0.0142. The Morgan fingerprint density at radius 3 is 2.48 bits per heavy atom. The third-order valence-electron chi connectivity index (χ3n) is 3.53. The van der Waals surface area contributed by atoms with Gasteiger partial charge in [-0.25, -0.2) is 0 Å². The average Bonchev–Trinajstić information content (AvgIpc) is 2.46. The van der Waals surface area contributed by atoms with Gasteiger partial charge < -0.3 is 15.7 Å². The maximum atomic E-state index is 12.2. The van der Waals surface area contributed by atoms with Crippen LogP contribution in [0.1, 0.15) is 56.0 Å². The van der Waals surface area contributed by atoms with Gasteiger partial charge in [-0.1, -0.05) is 13.8 Å². The molecule has 128 valence electrons. The molecule has 2 amide bonds. The minimum Gasteiger partial charge on any atom is -0.396 e. The van der Waals surface area contributed by atoms with Gasteiger partial charge in [-0.05, 0) is 56.4 Å². The van der Waals surface area contributed by atoms with Crippen molar-refractivity contribution >= 4 is 17.5 Å². The molecule has 1 atom stereocenters. The summed E-state index contributed by atoms with van der Waals surface area (Å²) < 4.78 is 0. The lowest BCUT2D eigenvalue weighted by molar-refractivity contribution is -0.116. The fourth-order valence-corrected chi connectivity index (χ4v) is 2.29. The number of nitrogens with one attached hydrogen (secondary N) is 2. The number of benzene rings is 1. The molecule has 23 heavy (non-hydrogen) atoms. The largest absolute Gasteiger partial charge is 0.396 e. The van der Waals surface area contributed by atoms with E-state index in [9.17, 15) is 9.59 Å². The van der Waals surface area contributed by atoms with E-state index in [1.807, 2.05) is 27.7 Å². The number of carbonyl (C=O) groups is 2. The van der Waals surface area contributed by atoms with Gasteiger partial charge in [0.2, 0.25) is 5.91 Å². The molecule has 0 radical (unpaired) electrons. The summed E-state index contributed by atoms with van der Waals surface area (Å²) in [6, 6.07) is 5.27. The Labute approximate surface area is 138 Å². The Morgan fingerprint density at radius 2 is 1.91 bits per heavy atom. The van der Waals surface area contributed by atoms with Crippen molar-refractivity contribution in [1.29, 1.82) is 0 Å². The van der Waals surface area contributed by atoms with Crippen LogP contribution in [0.4, 0.5) is 5.69 Å². The fourth-order valence-electron chi connectivity index (χ4n) is 2.29. The SMILES string of the molecule is Cc1cc(C(=O)NC(C)CCCO)ccc1NC(=O)CC(C)C. The third kappa shape index (κ3) is 6.82. The molecule has 0 aliphatic rings. The molecular formula is C18H28N2O3. The van der Waals surface area contributed by atoms with Crippen LogP contribution in [0.3, 0.4) is 0 Å². The molecule has 5 nitrogen and oxygen atoms in total. The molecule has 0 aliphatic heterocycles. The van der Waals surface area contributed by atoms with Gasteiger partial charge in [0.05, 0.1) is 0 Å². The number of aryl methyl sites for hydroxylation is 1. The molecule has 0 aromatic heterocycles. The molecule has 3 N–H and O–H groups in total. The number of amides is 2. The summed E-state index contributed by atoms with van der Waals surface area (Å²) in [5.74, 6) is 0.150. The Morgan fingerprint density at radius 1 is 1.22 bits per heavy atom. The predicted molar refractivity (Wildman–Crippen MR) is 92.5 cm³/mol. The first kappa shape index (κ1) is 19.2. The number of anilines is 1. The van der Waals surface area contributed by atoms with E-state index in [1.165, 1.54) is 0 Å². The second-order valence-electron chi connectivity index (χ2n) is 6.42. The van der Waals surface area contributed by atoms with E-state index < -0.39 is 0 Å². The van der Waals surface area contributed by atoms with Crippen molar-refractivity contribution < 1.29 is 14.7 Å². The van der Waals surface area contributed by atoms with Gasteiger partial charge in [0, 0.05) is 30.3 Å². The van der Waals surface area contributed by atoms with E-state index in [1.54, 1.807) is 18.2 Å². The normalized spacial score (nSPS) is 12.1. The number of hydrogen-bond donors (Lipinski definition) is 3. The van der Waals surface area contributed by atoms with Crippen LogP contribution in [0.2, 0.25) is 0 Å². The lowest BCUT2D eigenvalue weighted by Gasteiger charge is -2.15. The van der Waals surface area contributed by atoms with Crippen molar-refractivity contribution in [2.24, 2.45) is 5.92 Å². The number of aliphatic hydroxyl groups is 1. The number of rotatable bonds is 8. The second-order valence-corrected chi connectivity index (χ2v) is 6.42. The molecule has 1 unspecified atom stereocenters. The molecule has 1 aromatic rings. The van der Waals surface area contributed by atoms with Crippen LogP contribution >= 0.6 is 0 Å². The molecule has 0 spiro atoms. The summed E-state index contributed by atoms with van der Waals surface area (Å²) in [6.45, 7) is 7.91. The smallest absolute Gasteiger partial charge is 0.251 e. The second kappa shape index (κ2) is 9.30. The third-order valence-corrected chi connectivity index (χ3v) is 3.53. The van der Waals surface area contributed by atoms with Gasteiger partial charge >= 0.3 is 0 Å².